The Bertz CT molecular complexity index is 98.0. The van der Waals surface area contributed by atoms with Crippen molar-refractivity contribution >= 4 is 0 Å². The minimum atomic E-state index is 0.617. The number of rotatable bonds is 6. The summed E-state index contributed by atoms with van der Waals surface area (Å²) in [4.78, 5) is 0. The highest BCUT2D eigenvalue weighted by molar-refractivity contribution is 4.71. The van der Waals surface area contributed by atoms with Crippen LogP contribution in [0.5, 0.6) is 0 Å². The minimum absolute atomic E-state index is 0.617. The highest BCUT2D eigenvalue weighted by Gasteiger charge is 2.11. The van der Waals surface area contributed by atoms with Gasteiger partial charge in [0.2, 0.25) is 0 Å². The van der Waals surface area contributed by atoms with Crippen LogP contribution in [0.3, 0.4) is 0 Å². The van der Waals surface area contributed by atoms with Crippen LogP contribution < -0.4 is 10.6 Å². The lowest BCUT2D eigenvalue weighted by Gasteiger charge is -2.11. The van der Waals surface area contributed by atoms with Crippen molar-refractivity contribution in [3.63, 3.8) is 0 Å². The Labute approximate surface area is 76.1 Å². The molecule has 1 heterocycles. The van der Waals surface area contributed by atoms with Gasteiger partial charge in [-0.05, 0) is 32.4 Å². The summed E-state index contributed by atoms with van der Waals surface area (Å²) in [6, 6.07) is 0. The molecule has 0 aromatic rings. The predicted octanol–water partition coefficient (Wildman–Crippen LogP) is 1.87. The van der Waals surface area contributed by atoms with Gasteiger partial charge in [-0.2, -0.15) is 0 Å². The lowest BCUT2D eigenvalue weighted by molar-refractivity contribution is 0.468. The highest BCUT2D eigenvalue weighted by atomic mass is 15.1. The monoisotopic (exact) mass is 170 g/mol. The molecular formula is C10H22N2. The molecule has 0 saturated carbocycles. The van der Waals surface area contributed by atoms with Gasteiger partial charge in [0.15, 0.2) is 0 Å². The second kappa shape index (κ2) is 6.44. The molecule has 0 bridgehead atoms. The summed E-state index contributed by atoms with van der Waals surface area (Å²) < 4.78 is 0. The summed E-state index contributed by atoms with van der Waals surface area (Å²) in [7, 11) is 0. The van der Waals surface area contributed by atoms with Gasteiger partial charge in [-0.25, -0.2) is 0 Å². The van der Waals surface area contributed by atoms with E-state index in [1.54, 1.807) is 0 Å². The summed E-state index contributed by atoms with van der Waals surface area (Å²) >= 11 is 0. The van der Waals surface area contributed by atoms with E-state index in [2.05, 4.69) is 17.6 Å². The number of hydrogen-bond donors (Lipinski definition) is 2. The van der Waals surface area contributed by atoms with Gasteiger partial charge >= 0.3 is 0 Å². The summed E-state index contributed by atoms with van der Waals surface area (Å²) in [5.74, 6) is 0. The molecule has 1 fully saturated rings. The van der Waals surface area contributed by atoms with Gasteiger partial charge < -0.3 is 10.6 Å². The van der Waals surface area contributed by atoms with Crippen molar-refractivity contribution in [2.45, 2.75) is 51.6 Å². The van der Waals surface area contributed by atoms with Crippen molar-refractivity contribution in [3.05, 3.63) is 0 Å². The topological polar surface area (TPSA) is 24.1 Å². The molecule has 72 valence electrons. The Morgan fingerprint density at radius 2 is 2.25 bits per heavy atom. The van der Waals surface area contributed by atoms with E-state index in [9.17, 15) is 0 Å². The van der Waals surface area contributed by atoms with Crippen molar-refractivity contribution in [3.8, 4) is 0 Å². The Morgan fingerprint density at radius 1 is 1.33 bits per heavy atom. The zero-order valence-corrected chi connectivity index (χ0v) is 8.23. The van der Waals surface area contributed by atoms with Crippen molar-refractivity contribution in [1.82, 2.24) is 10.6 Å². The molecule has 0 aromatic carbocycles. The van der Waals surface area contributed by atoms with Crippen LogP contribution in [0.2, 0.25) is 0 Å². The fourth-order valence-corrected chi connectivity index (χ4v) is 1.69. The molecule has 1 rings (SSSR count). The number of nitrogens with one attached hydrogen (secondary N) is 2. The number of hydrogen-bond acceptors (Lipinski definition) is 2. The Kier molecular flexibility index (Phi) is 5.37. The fourth-order valence-electron chi connectivity index (χ4n) is 1.69. The molecule has 2 N–H and O–H groups in total. The van der Waals surface area contributed by atoms with Crippen LogP contribution in [-0.4, -0.2) is 19.3 Å². The molecule has 1 atom stereocenters. The lowest BCUT2D eigenvalue weighted by Crippen LogP contribution is -2.37. The third-order valence-corrected chi connectivity index (χ3v) is 2.48. The van der Waals surface area contributed by atoms with Crippen LogP contribution in [-0.2, 0) is 0 Å². The fraction of sp³-hybridized carbons (Fsp3) is 1.00. The highest BCUT2D eigenvalue weighted by Crippen LogP contribution is 2.02. The lowest BCUT2D eigenvalue weighted by atomic mass is 10.2. The average Bonchev–Trinajstić information content (AvgIpc) is 2.57. The van der Waals surface area contributed by atoms with Crippen LogP contribution in [0.1, 0.15) is 45.4 Å². The van der Waals surface area contributed by atoms with E-state index < -0.39 is 0 Å². The largest absolute Gasteiger partial charge is 0.302 e. The van der Waals surface area contributed by atoms with Crippen molar-refractivity contribution in [2.75, 3.05) is 13.1 Å². The van der Waals surface area contributed by atoms with Gasteiger partial charge in [0.1, 0.15) is 0 Å². The maximum absolute atomic E-state index is 3.53. The van der Waals surface area contributed by atoms with E-state index >= 15 is 0 Å². The second-order valence-corrected chi connectivity index (χ2v) is 3.66. The zero-order valence-electron chi connectivity index (χ0n) is 8.23. The van der Waals surface area contributed by atoms with E-state index in [1.807, 2.05) is 0 Å². The Morgan fingerprint density at radius 3 is 2.92 bits per heavy atom. The third kappa shape index (κ3) is 4.07. The molecule has 0 unspecified atom stereocenters. The van der Waals surface area contributed by atoms with E-state index in [4.69, 9.17) is 0 Å². The second-order valence-electron chi connectivity index (χ2n) is 3.66. The molecular weight excluding hydrogens is 148 g/mol. The molecule has 0 amide bonds. The van der Waals surface area contributed by atoms with E-state index in [1.165, 1.54) is 51.6 Å². The quantitative estimate of drug-likeness (QED) is 0.595. The summed E-state index contributed by atoms with van der Waals surface area (Å²) in [5, 5.41) is 6.97. The molecule has 0 aromatic heterocycles. The first-order valence-electron chi connectivity index (χ1n) is 5.40. The molecule has 1 saturated heterocycles. The number of unbranched alkanes of at least 4 members (excludes halogenated alkanes) is 3. The van der Waals surface area contributed by atoms with E-state index in [0.717, 1.165) is 0 Å². The first kappa shape index (κ1) is 10.0. The SMILES string of the molecule is CCCCCCN[C@@H]1CCCN1. The maximum Gasteiger partial charge on any atom is 0.0572 e. The Hall–Kier alpha value is -0.0800. The van der Waals surface area contributed by atoms with Gasteiger partial charge in [-0.3, -0.25) is 0 Å². The predicted molar refractivity (Wildman–Crippen MR) is 53.2 cm³/mol. The van der Waals surface area contributed by atoms with Crippen molar-refractivity contribution < 1.29 is 0 Å². The van der Waals surface area contributed by atoms with Gasteiger partial charge in [0.05, 0.1) is 6.17 Å². The molecule has 12 heavy (non-hydrogen) atoms. The van der Waals surface area contributed by atoms with Crippen molar-refractivity contribution in [2.24, 2.45) is 0 Å². The minimum Gasteiger partial charge on any atom is -0.302 e. The zero-order chi connectivity index (χ0) is 8.65. The first-order valence-corrected chi connectivity index (χ1v) is 5.40. The van der Waals surface area contributed by atoms with Crippen LogP contribution in [0.25, 0.3) is 0 Å². The molecule has 0 radical (unpaired) electrons. The average molecular weight is 170 g/mol. The molecule has 1 aliphatic rings. The molecule has 1 aliphatic heterocycles. The van der Waals surface area contributed by atoms with Gasteiger partial charge in [-0.15, -0.1) is 0 Å². The smallest absolute Gasteiger partial charge is 0.0572 e. The molecule has 2 nitrogen and oxygen atoms in total. The molecule has 0 aliphatic carbocycles. The molecule has 0 spiro atoms. The van der Waals surface area contributed by atoms with E-state index in [0.29, 0.717) is 6.17 Å². The summed E-state index contributed by atoms with van der Waals surface area (Å²) in [6.45, 7) is 4.65. The van der Waals surface area contributed by atoms with Crippen LogP contribution in [0, 0.1) is 0 Å². The van der Waals surface area contributed by atoms with Crippen molar-refractivity contribution in [1.29, 1.82) is 0 Å². The van der Waals surface area contributed by atoms with E-state index in [-0.39, 0.29) is 0 Å². The van der Waals surface area contributed by atoms with Crippen LogP contribution in [0.4, 0.5) is 0 Å². The van der Waals surface area contributed by atoms with Crippen LogP contribution in [0.15, 0.2) is 0 Å². The standard InChI is InChI=1S/C10H22N2/c1-2-3-4-5-8-11-10-7-6-9-12-10/h10-12H,2-9H2,1H3/t10-/m0/s1. The third-order valence-electron chi connectivity index (χ3n) is 2.48. The normalized spacial score (nSPS) is 23.2. The van der Waals surface area contributed by atoms with Crippen LogP contribution >= 0.6 is 0 Å². The van der Waals surface area contributed by atoms with Gasteiger partial charge in [0, 0.05) is 0 Å². The first-order chi connectivity index (χ1) is 5.93. The van der Waals surface area contributed by atoms with Gasteiger partial charge in [-0.1, -0.05) is 26.2 Å². The molecule has 2 heteroatoms. The summed E-state index contributed by atoms with van der Waals surface area (Å²) in [6.07, 6.45) is 8.72. The summed E-state index contributed by atoms with van der Waals surface area (Å²) in [5.41, 5.74) is 0. The maximum atomic E-state index is 3.53. The Balaban J connectivity index is 1.81. The van der Waals surface area contributed by atoms with Gasteiger partial charge in [0.25, 0.3) is 0 Å².